The average Bonchev–Trinajstić information content (AvgIpc) is 3.36. The summed E-state index contributed by atoms with van der Waals surface area (Å²) in [6, 6.07) is 12.0. The first-order chi connectivity index (χ1) is 19.6. The number of aromatic nitrogens is 1. The molecule has 1 aromatic heterocycles. The van der Waals surface area contributed by atoms with E-state index < -0.39 is 54.0 Å². The highest BCUT2D eigenvalue weighted by Crippen LogP contribution is 2.19. The molecule has 5 unspecified atom stereocenters. The highest BCUT2D eigenvalue weighted by atomic mass is 32.2. The third kappa shape index (κ3) is 9.07. The fourth-order valence-electron chi connectivity index (χ4n) is 4.39. The van der Waals surface area contributed by atoms with Gasteiger partial charge in [-0.2, -0.15) is 11.8 Å². The van der Waals surface area contributed by atoms with Gasteiger partial charge in [-0.05, 0) is 49.0 Å². The van der Waals surface area contributed by atoms with Crippen molar-refractivity contribution in [3.8, 4) is 0 Å². The van der Waals surface area contributed by atoms with Gasteiger partial charge in [0.1, 0.15) is 12.1 Å². The number of para-hydroxylation sites is 1. The molecule has 0 spiro atoms. The van der Waals surface area contributed by atoms with E-state index in [1.165, 1.54) is 18.7 Å². The number of aliphatic hydroxyl groups excluding tert-OH is 1. The van der Waals surface area contributed by atoms with Crippen LogP contribution in [0.25, 0.3) is 10.9 Å². The van der Waals surface area contributed by atoms with E-state index in [2.05, 4.69) is 20.9 Å². The third-order valence-corrected chi connectivity index (χ3v) is 7.30. The molecule has 0 saturated heterocycles. The van der Waals surface area contributed by atoms with E-state index in [0.29, 0.717) is 5.75 Å². The number of aliphatic carboxylic acids is 1. The number of carbonyl (C=O) groups is 4. The van der Waals surface area contributed by atoms with Crippen LogP contribution in [0.2, 0.25) is 0 Å². The maximum Gasteiger partial charge on any atom is 0.328 e. The molecule has 0 radical (unpaired) electrons. The monoisotopic (exact) mass is 583 g/mol. The molecule has 5 atom stereocenters. The van der Waals surface area contributed by atoms with Crippen LogP contribution in [-0.4, -0.2) is 81.2 Å². The van der Waals surface area contributed by atoms with Crippen LogP contribution >= 0.6 is 11.8 Å². The van der Waals surface area contributed by atoms with Crippen LogP contribution in [0.4, 0.5) is 0 Å². The largest absolute Gasteiger partial charge is 0.480 e. The number of benzene rings is 2. The Balaban J connectivity index is 1.80. The van der Waals surface area contributed by atoms with E-state index in [0.717, 1.165) is 22.0 Å². The highest BCUT2D eigenvalue weighted by Gasteiger charge is 2.32. The van der Waals surface area contributed by atoms with E-state index in [-0.39, 0.29) is 19.3 Å². The van der Waals surface area contributed by atoms with Crippen molar-refractivity contribution in [2.75, 3.05) is 12.0 Å². The fraction of sp³-hybridized carbons (Fsp3) is 0.379. The quantitative estimate of drug-likeness (QED) is 0.138. The Morgan fingerprint density at radius 2 is 1.54 bits per heavy atom. The normalized spacial score (nSPS) is 14.8. The summed E-state index contributed by atoms with van der Waals surface area (Å²) in [4.78, 5) is 54.5. The first-order valence-corrected chi connectivity index (χ1v) is 14.7. The van der Waals surface area contributed by atoms with Gasteiger partial charge in [0.05, 0.1) is 12.1 Å². The first-order valence-electron chi connectivity index (χ1n) is 13.3. The summed E-state index contributed by atoms with van der Waals surface area (Å²) in [6.45, 7) is 1.25. The number of aromatic amines is 1. The van der Waals surface area contributed by atoms with Gasteiger partial charge in [0, 0.05) is 23.5 Å². The summed E-state index contributed by atoms with van der Waals surface area (Å²) >= 11 is 1.49. The van der Waals surface area contributed by atoms with Gasteiger partial charge in [0.2, 0.25) is 17.7 Å². The number of hydrogen-bond acceptors (Lipinski definition) is 7. The summed E-state index contributed by atoms with van der Waals surface area (Å²) in [5, 5.41) is 27.9. The van der Waals surface area contributed by atoms with Gasteiger partial charge in [0.15, 0.2) is 6.04 Å². The van der Waals surface area contributed by atoms with Crippen LogP contribution < -0.4 is 21.7 Å². The van der Waals surface area contributed by atoms with Gasteiger partial charge in [-0.3, -0.25) is 14.4 Å². The lowest BCUT2D eigenvalue weighted by Crippen LogP contribution is -2.59. The number of fused-ring (bicyclic) bond motifs is 1. The molecule has 0 aliphatic rings. The van der Waals surface area contributed by atoms with Gasteiger partial charge in [-0.15, -0.1) is 0 Å². The minimum absolute atomic E-state index is 0.0322. The number of carbonyl (C=O) groups excluding carboxylic acids is 3. The molecule has 3 aromatic rings. The zero-order valence-corrected chi connectivity index (χ0v) is 23.8. The summed E-state index contributed by atoms with van der Waals surface area (Å²) < 4.78 is 0. The predicted molar refractivity (Wildman–Crippen MR) is 158 cm³/mol. The van der Waals surface area contributed by atoms with Crippen molar-refractivity contribution in [2.24, 2.45) is 5.73 Å². The lowest BCUT2D eigenvalue weighted by molar-refractivity contribution is -0.145. The fourth-order valence-corrected chi connectivity index (χ4v) is 4.86. The molecule has 0 fully saturated rings. The van der Waals surface area contributed by atoms with Crippen molar-refractivity contribution in [3.63, 3.8) is 0 Å². The number of thioether (sulfide) groups is 1. The van der Waals surface area contributed by atoms with Crippen molar-refractivity contribution in [2.45, 2.75) is 56.5 Å². The topological polar surface area (TPSA) is 187 Å². The Kier molecular flexibility index (Phi) is 11.7. The Hall–Kier alpha value is -3.87. The molecule has 1 heterocycles. The lowest BCUT2D eigenvalue weighted by atomic mass is 10.0. The number of amides is 3. The number of H-pyrrole nitrogens is 1. The molecule has 220 valence electrons. The highest BCUT2D eigenvalue weighted by molar-refractivity contribution is 7.98. The molecule has 0 saturated carbocycles. The van der Waals surface area contributed by atoms with Crippen LogP contribution in [0.1, 0.15) is 24.5 Å². The number of hydrogen-bond donors (Lipinski definition) is 7. The number of carboxylic acids is 1. The molecule has 12 heteroatoms. The van der Waals surface area contributed by atoms with Gasteiger partial charge >= 0.3 is 5.97 Å². The van der Waals surface area contributed by atoms with Crippen LogP contribution in [-0.2, 0) is 32.0 Å². The summed E-state index contributed by atoms with van der Waals surface area (Å²) in [7, 11) is 0. The Morgan fingerprint density at radius 3 is 2.20 bits per heavy atom. The van der Waals surface area contributed by atoms with E-state index >= 15 is 0 Å². The predicted octanol–water partition coefficient (Wildman–Crippen LogP) is 0.953. The number of nitrogens with two attached hydrogens (primary N) is 1. The summed E-state index contributed by atoms with van der Waals surface area (Å²) in [6.07, 6.45) is 2.81. The number of carboxylic acid groups (broad SMARTS) is 1. The van der Waals surface area contributed by atoms with Crippen LogP contribution in [0, 0.1) is 0 Å². The first kappa shape index (κ1) is 31.7. The molecular formula is C29H37N5O6S. The maximum absolute atomic E-state index is 13.5. The smallest absolute Gasteiger partial charge is 0.328 e. The second-order valence-electron chi connectivity index (χ2n) is 9.83. The summed E-state index contributed by atoms with van der Waals surface area (Å²) in [5.74, 6) is -2.76. The molecule has 11 nitrogen and oxygen atoms in total. The molecule has 2 aromatic carbocycles. The minimum Gasteiger partial charge on any atom is -0.480 e. The van der Waals surface area contributed by atoms with Crippen molar-refractivity contribution in [3.05, 3.63) is 71.9 Å². The van der Waals surface area contributed by atoms with E-state index in [9.17, 15) is 29.4 Å². The van der Waals surface area contributed by atoms with Crippen LogP contribution in [0.5, 0.6) is 0 Å². The van der Waals surface area contributed by atoms with Crippen LogP contribution in [0.15, 0.2) is 60.8 Å². The molecule has 0 bridgehead atoms. The molecule has 0 aliphatic carbocycles. The second-order valence-corrected chi connectivity index (χ2v) is 10.8. The maximum atomic E-state index is 13.5. The zero-order chi connectivity index (χ0) is 29.9. The Morgan fingerprint density at radius 1 is 0.902 bits per heavy atom. The zero-order valence-electron chi connectivity index (χ0n) is 23.0. The standard InChI is InChI=1S/C29H37N5O6S/c1-17(35)25(29(39)40)34-28(38)24(15-19-16-31-22-11-7-6-10-20(19)22)33-27(37)23(12-13-41-2)32-26(36)21(30)14-18-8-4-3-5-9-18/h3-11,16-17,21,23-25,31,35H,12-15,30H2,1-2H3,(H,32,36)(H,33,37)(H,34,38)(H,39,40). The molecule has 0 aliphatic heterocycles. The van der Waals surface area contributed by atoms with Crippen molar-refractivity contribution in [1.29, 1.82) is 0 Å². The Bertz CT molecular complexity index is 1330. The minimum atomic E-state index is -1.58. The van der Waals surface area contributed by atoms with Crippen LogP contribution in [0.3, 0.4) is 0 Å². The van der Waals surface area contributed by atoms with Crippen molar-refractivity contribution in [1.82, 2.24) is 20.9 Å². The number of rotatable bonds is 15. The van der Waals surface area contributed by atoms with Gasteiger partial charge in [-0.25, -0.2) is 4.79 Å². The van der Waals surface area contributed by atoms with Gasteiger partial charge in [0.25, 0.3) is 0 Å². The molecule has 3 amide bonds. The van der Waals surface area contributed by atoms with Gasteiger partial charge < -0.3 is 36.9 Å². The number of nitrogens with one attached hydrogen (secondary N) is 4. The lowest BCUT2D eigenvalue weighted by Gasteiger charge is -2.26. The van der Waals surface area contributed by atoms with Gasteiger partial charge in [-0.1, -0.05) is 48.5 Å². The molecule has 41 heavy (non-hydrogen) atoms. The molecule has 3 rings (SSSR count). The van der Waals surface area contributed by atoms with Crippen molar-refractivity contribution < 1.29 is 29.4 Å². The number of aliphatic hydroxyl groups is 1. The second kappa shape index (κ2) is 15.2. The molecular weight excluding hydrogens is 546 g/mol. The average molecular weight is 584 g/mol. The van der Waals surface area contributed by atoms with E-state index in [1.807, 2.05) is 60.9 Å². The van der Waals surface area contributed by atoms with Crippen molar-refractivity contribution >= 4 is 46.4 Å². The van der Waals surface area contributed by atoms with E-state index in [1.54, 1.807) is 6.20 Å². The SMILES string of the molecule is CSCCC(NC(=O)C(N)Cc1ccccc1)C(=O)NC(Cc1c[nH]c2ccccc12)C(=O)NC(C(=O)O)C(C)O. The third-order valence-electron chi connectivity index (χ3n) is 6.66. The molecule has 8 N–H and O–H groups in total. The van der Waals surface area contributed by atoms with E-state index in [4.69, 9.17) is 5.73 Å². The Labute approximate surface area is 242 Å². The summed E-state index contributed by atoms with van der Waals surface area (Å²) in [5.41, 5.74) is 8.56.